The van der Waals surface area contributed by atoms with E-state index in [4.69, 9.17) is 9.47 Å². The van der Waals surface area contributed by atoms with Crippen molar-refractivity contribution in [1.82, 2.24) is 10.6 Å². The molecule has 122 valence electrons. The van der Waals surface area contributed by atoms with Gasteiger partial charge in [0, 0.05) is 26.7 Å². The molecule has 1 unspecified atom stereocenters. The summed E-state index contributed by atoms with van der Waals surface area (Å²) in [5.74, 6) is 0.793. The lowest BCUT2D eigenvalue weighted by Crippen LogP contribution is -2.38. The van der Waals surface area contributed by atoms with E-state index in [2.05, 4.69) is 46.8 Å². The van der Waals surface area contributed by atoms with E-state index in [1.807, 2.05) is 0 Å². The van der Waals surface area contributed by atoms with Crippen LogP contribution in [0.3, 0.4) is 0 Å². The van der Waals surface area contributed by atoms with Crippen molar-refractivity contribution in [1.29, 1.82) is 0 Å². The normalized spacial score (nSPS) is 18.5. The summed E-state index contributed by atoms with van der Waals surface area (Å²) < 4.78 is 11.1. The first kappa shape index (κ1) is 16.8. The SMILES string of the molecule is CN=C(NCCOCC1CCCO1)NCc1ccc(C)cc1. The van der Waals surface area contributed by atoms with E-state index in [0.717, 1.165) is 38.5 Å². The number of hydrogen-bond donors (Lipinski definition) is 2. The van der Waals surface area contributed by atoms with Crippen molar-refractivity contribution >= 4 is 5.96 Å². The summed E-state index contributed by atoms with van der Waals surface area (Å²) in [6.45, 7) is 5.81. The molecule has 5 nitrogen and oxygen atoms in total. The summed E-state index contributed by atoms with van der Waals surface area (Å²) in [4.78, 5) is 4.21. The molecule has 0 spiro atoms. The minimum absolute atomic E-state index is 0.291. The van der Waals surface area contributed by atoms with Crippen LogP contribution in [-0.2, 0) is 16.0 Å². The van der Waals surface area contributed by atoms with E-state index in [0.29, 0.717) is 19.3 Å². The largest absolute Gasteiger partial charge is 0.377 e. The second-order valence-electron chi connectivity index (χ2n) is 5.55. The fraction of sp³-hybridized carbons (Fsp3) is 0.588. The Balaban J connectivity index is 1.57. The van der Waals surface area contributed by atoms with Crippen LogP contribution < -0.4 is 10.6 Å². The van der Waals surface area contributed by atoms with Gasteiger partial charge in [-0.2, -0.15) is 0 Å². The zero-order valence-corrected chi connectivity index (χ0v) is 13.6. The second kappa shape index (κ2) is 9.43. The number of ether oxygens (including phenoxy) is 2. The zero-order valence-electron chi connectivity index (χ0n) is 13.6. The van der Waals surface area contributed by atoms with Gasteiger partial charge < -0.3 is 20.1 Å². The number of nitrogens with one attached hydrogen (secondary N) is 2. The van der Waals surface area contributed by atoms with Gasteiger partial charge in [-0.3, -0.25) is 4.99 Å². The Morgan fingerprint density at radius 2 is 2.14 bits per heavy atom. The van der Waals surface area contributed by atoms with Gasteiger partial charge in [-0.15, -0.1) is 0 Å². The molecular formula is C17H27N3O2. The average molecular weight is 305 g/mol. The second-order valence-corrected chi connectivity index (χ2v) is 5.55. The molecule has 0 amide bonds. The molecule has 1 aliphatic heterocycles. The third-order valence-electron chi connectivity index (χ3n) is 3.67. The van der Waals surface area contributed by atoms with Crippen LogP contribution in [0.15, 0.2) is 29.3 Å². The molecule has 1 aromatic rings. The number of benzene rings is 1. The fourth-order valence-electron chi connectivity index (χ4n) is 2.34. The Morgan fingerprint density at radius 3 is 2.82 bits per heavy atom. The lowest BCUT2D eigenvalue weighted by molar-refractivity contribution is 0.0191. The molecule has 2 rings (SSSR count). The lowest BCUT2D eigenvalue weighted by atomic mass is 10.1. The number of hydrogen-bond acceptors (Lipinski definition) is 3. The standard InChI is InChI=1S/C17H27N3O2/c1-14-5-7-15(8-6-14)12-20-17(18-2)19-9-11-21-13-16-4-3-10-22-16/h5-8,16H,3-4,9-13H2,1-2H3,(H2,18,19,20). The maximum Gasteiger partial charge on any atom is 0.191 e. The molecule has 2 N–H and O–H groups in total. The van der Waals surface area contributed by atoms with Gasteiger partial charge in [-0.1, -0.05) is 29.8 Å². The number of guanidine groups is 1. The van der Waals surface area contributed by atoms with Crippen molar-refractivity contribution in [3.05, 3.63) is 35.4 Å². The van der Waals surface area contributed by atoms with Crippen molar-refractivity contribution in [3.8, 4) is 0 Å². The first-order chi connectivity index (χ1) is 10.8. The van der Waals surface area contributed by atoms with Crippen molar-refractivity contribution < 1.29 is 9.47 Å². The smallest absolute Gasteiger partial charge is 0.191 e. The topological polar surface area (TPSA) is 54.9 Å². The highest BCUT2D eigenvalue weighted by atomic mass is 16.5. The van der Waals surface area contributed by atoms with E-state index in [9.17, 15) is 0 Å². The summed E-state index contributed by atoms with van der Waals surface area (Å²) in [7, 11) is 1.78. The van der Waals surface area contributed by atoms with Crippen LogP contribution in [0.2, 0.25) is 0 Å². The summed E-state index contributed by atoms with van der Waals surface area (Å²) >= 11 is 0. The van der Waals surface area contributed by atoms with Gasteiger partial charge in [0.05, 0.1) is 19.3 Å². The predicted octanol–water partition coefficient (Wildman–Crippen LogP) is 1.86. The maximum absolute atomic E-state index is 5.62. The molecule has 22 heavy (non-hydrogen) atoms. The molecule has 1 heterocycles. The molecule has 0 aromatic heterocycles. The van der Waals surface area contributed by atoms with E-state index < -0.39 is 0 Å². The van der Waals surface area contributed by atoms with Gasteiger partial charge in [-0.05, 0) is 25.3 Å². The lowest BCUT2D eigenvalue weighted by Gasteiger charge is -2.13. The molecule has 0 saturated carbocycles. The first-order valence-electron chi connectivity index (χ1n) is 7.97. The molecule has 1 fully saturated rings. The van der Waals surface area contributed by atoms with Gasteiger partial charge in [0.1, 0.15) is 0 Å². The third-order valence-corrected chi connectivity index (χ3v) is 3.67. The van der Waals surface area contributed by atoms with Gasteiger partial charge >= 0.3 is 0 Å². The fourth-order valence-corrected chi connectivity index (χ4v) is 2.34. The zero-order chi connectivity index (χ0) is 15.6. The van der Waals surface area contributed by atoms with E-state index in [-0.39, 0.29) is 0 Å². The van der Waals surface area contributed by atoms with Gasteiger partial charge in [-0.25, -0.2) is 0 Å². The molecular weight excluding hydrogens is 278 g/mol. The first-order valence-corrected chi connectivity index (χ1v) is 7.97. The number of aliphatic imine (C=N–C) groups is 1. The van der Waals surface area contributed by atoms with Gasteiger partial charge in [0.2, 0.25) is 0 Å². The van der Waals surface area contributed by atoms with Gasteiger partial charge in [0.15, 0.2) is 5.96 Å². The Hall–Kier alpha value is -1.59. The van der Waals surface area contributed by atoms with Crippen molar-refractivity contribution in [2.45, 2.75) is 32.4 Å². The summed E-state index contributed by atoms with van der Waals surface area (Å²) in [5.41, 5.74) is 2.51. The van der Waals surface area contributed by atoms with Crippen LogP contribution in [-0.4, -0.2) is 45.5 Å². The van der Waals surface area contributed by atoms with Gasteiger partial charge in [0.25, 0.3) is 0 Å². The third kappa shape index (κ3) is 6.03. The Bertz CT molecular complexity index is 453. The number of rotatable bonds is 7. The highest BCUT2D eigenvalue weighted by Crippen LogP contribution is 2.11. The summed E-state index contributed by atoms with van der Waals surface area (Å²) in [5, 5.41) is 6.55. The van der Waals surface area contributed by atoms with E-state index in [1.165, 1.54) is 11.1 Å². The van der Waals surface area contributed by atoms with Crippen LogP contribution in [0.4, 0.5) is 0 Å². The summed E-state index contributed by atoms with van der Waals surface area (Å²) in [6.07, 6.45) is 2.56. The molecule has 1 saturated heterocycles. The van der Waals surface area contributed by atoms with E-state index in [1.54, 1.807) is 7.05 Å². The van der Waals surface area contributed by atoms with Crippen molar-refractivity contribution in [3.63, 3.8) is 0 Å². The molecule has 0 bridgehead atoms. The van der Waals surface area contributed by atoms with Crippen LogP contribution in [0.25, 0.3) is 0 Å². The molecule has 5 heteroatoms. The number of nitrogens with zero attached hydrogens (tertiary/aromatic N) is 1. The minimum atomic E-state index is 0.291. The Morgan fingerprint density at radius 1 is 1.32 bits per heavy atom. The highest BCUT2D eigenvalue weighted by molar-refractivity contribution is 5.79. The van der Waals surface area contributed by atoms with Crippen LogP contribution in [0, 0.1) is 6.92 Å². The van der Waals surface area contributed by atoms with Crippen LogP contribution >= 0.6 is 0 Å². The molecule has 0 radical (unpaired) electrons. The molecule has 0 aliphatic carbocycles. The molecule has 1 atom stereocenters. The molecule has 1 aromatic carbocycles. The monoisotopic (exact) mass is 305 g/mol. The van der Waals surface area contributed by atoms with Crippen LogP contribution in [0.1, 0.15) is 24.0 Å². The quantitative estimate of drug-likeness (QED) is 0.459. The van der Waals surface area contributed by atoms with Crippen molar-refractivity contribution in [2.24, 2.45) is 4.99 Å². The van der Waals surface area contributed by atoms with Crippen molar-refractivity contribution in [2.75, 3.05) is 33.4 Å². The van der Waals surface area contributed by atoms with E-state index >= 15 is 0 Å². The maximum atomic E-state index is 5.62. The Kier molecular flexibility index (Phi) is 7.19. The predicted molar refractivity (Wildman–Crippen MR) is 89.2 cm³/mol. The van der Waals surface area contributed by atoms with Crippen LogP contribution in [0.5, 0.6) is 0 Å². The highest BCUT2D eigenvalue weighted by Gasteiger charge is 2.14. The molecule has 1 aliphatic rings. The minimum Gasteiger partial charge on any atom is -0.377 e. The average Bonchev–Trinajstić information content (AvgIpc) is 3.05. The Labute approximate surface area is 133 Å². The summed E-state index contributed by atoms with van der Waals surface area (Å²) in [6, 6.07) is 8.49. The number of aryl methyl sites for hydroxylation is 1.